The topological polar surface area (TPSA) is 32.3 Å². The van der Waals surface area contributed by atoms with Crippen LogP contribution in [0.4, 0.5) is 0 Å². The van der Waals surface area contributed by atoms with Crippen LogP contribution in [0.5, 0.6) is 0 Å². The van der Waals surface area contributed by atoms with Gasteiger partial charge in [0.15, 0.2) is 0 Å². The zero-order valence-electron chi connectivity index (χ0n) is 4.35. The Hall–Kier alpha value is -0.0800. The molecule has 0 aromatic heterocycles. The molecule has 0 radical (unpaired) electrons. The summed E-state index contributed by atoms with van der Waals surface area (Å²) < 4.78 is 0. The Morgan fingerprint density at radius 3 is 2.86 bits per heavy atom. The number of nitrogens with one attached hydrogen (secondary N) is 1. The zero-order chi connectivity index (χ0) is 5.11. The fourth-order valence-corrected chi connectivity index (χ4v) is 0.913. The molecule has 0 aromatic carbocycles. The Balaban J connectivity index is 2.14. The molecule has 0 aliphatic carbocycles. The zero-order valence-corrected chi connectivity index (χ0v) is 4.35. The molecular weight excluding hydrogens is 91.1 g/mol. The molecule has 1 aliphatic heterocycles. The van der Waals surface area contributed by atoms with Crippen molar-refractivity contribution in [2.24, 2.45) is 0 Å². The van der Waals surface area contributed by atoms with Crippen LogP contribution >= 0.6 is 0 Å². The van der Waals surface area contributed by atoms with Gasteiger partial charge in [0.25, 0.3) is 0 Å². The Bertz CT molecular complexity index is 50.0. The number of hydrogen-bond donors (Lipinski definition) is 2. The molecule has 0 saturated carbocycles. The van der Waals surface area contributed by atoms with Crippen molar-refractivity contribution in [2.45, 2.75) is 18.9 Å². The van der Waals surface area contributed by atoms with Gasteiger partial charge in [0, 0.05) is 6.04 Å². The lowest BCUT2D eigenvalue weighted by Gasteiger charge is -2.01. The second-order valence-corrected chi connectivity index (χ2v) is 1.98. The molecule has 1 saturated heterocycles. The summed E-state index contributed by atoms with van der Waals surface area (Å²) in [6.07, 6.45) is 2.38. The largest absolute Gasteiger partial charge is 0.395 e. The van der Waals surface area contributed by atoms with Crippen LogP contribution < -0.4 is 5.32 Å². The van der Waals surface area contributed by atoms with Gasteiger partial charge in [0.05, 0.1) is 6.61 Å². The van der Waals surface area contributed by atoms with Crippen molar-refractivity contribution >= 4 is 0 Å². The fraction of sp³-hybridized carbons (Fsp3) is 1.00. The van der Waals surface area contributed by atoms with Gasteiger partial charge in [-0.15, -0.1) is 0 Å². The lowest BCUT2D eigenvalue weighted by atomic mass is 10.3. The molecule has 42 valence electrons. The summed E-state index contributed by atoms with van der Waals surface area (Å²) in [7, 11) is 0. The van der Waals surface area contributed by atoms with E-state index in [1.54, 1.807) is 0 Å². The molecule has 2 N–H and O–H groups in total. The summed E-state index contributed by atoms with van der Waals surface area (Å²) in [4.78, 5) is 0. The second-order valence-electron chi connectivity index (χ2n) is 1.98. The number of rotatable bonds is 1. The number of hydrogen-bond acceptors (Lipinski definition) is 2. The van der Waals surface area contributed by atoms with E-state index in [2.05, 4.69) is 5.32 Å². The molecule has 7 heavy (non-hydrogen) atoms. The van der Waals surface area contributed by atoms with Crippen LogP contribution in [0, 0.1) is 0 Å². The summed E-state index contributed by atoms with van der Waals surface area (Å²) in [5, 5.41) is 11.7. The maximum atomic E-state index is 8.50. The molecule has 2 nitrogen and oxygen atoms in total. The fourth-order valence-electron chi connectivity index (χ4n) is 0.913. The van der Waals surface area contributed by atoms with Crippen molar-refractivity contribution in [3.8, 4) is 0 Å². The van der Waals surface area contributed by atoms with Gasteiger partial charge in [0.1, 0.15) is 0 Å². The standard InChI is InChI=1S/C5H11NO/c7-4-5-2-1-3-6-5/h5-7H,1-4H2/i4+1. The average Bonchev–Trinajstić information content (AvgIpc) is 2.14. The van der Waals surface area contributed by atoms with Crippen molar-refractivity contribution in [2.75, 3.05) is 13.2 Å². The third-order valence-electron chi connectivity index (χ3n) is 1.38. The molecule has 1 unspecified atom stereocenters. The highest BCUT2D eigenvalue weighted by molar-refractivity contribution is 4.71. The van der Waals surface area contributed by atoms with Gasteiger partial charge < -0.3 is 10.4 Å². The van der Waals surface area contributed by atoms with Gasteiger partial charge in [-0.3, -0.25) is 0 Å². The van der Waals surface area contributed by atoms with Crippen molar-refractivity contribution in [1.29, 1.82) is 0 Å². The Morgan fingerprint density at radius 2 is 2.57 bits per heavy atom. The predicted molar refractivity (Wildman–Crippen MR) is 28.1 cm³/mol. The van der Waals surface area contributed by atoms with E-state index in [4.69, 9.17) is 5.11 Å². The van der Waals surface area contributed by atoms with Gasteiger partial charge in [-0.1, -0.05) is 0 Å². The molecule has 1 heterocycles. The van der Waals surface area contributed by atoms with E-state index in [9.17, 15) is 0 Å². The van der Waals surface area contributed by atoms with Crippen molar-refractivity contribution in [3.05, 3.63) is 0 Å². The first-order valence-corrected chi connectivity index (χ1v) is 2.77. The third-order valence-corrected chi connectivity index (χ3v) is 1.38. The van der Waals surface area contributed by atoms with Crippen LogP contribution in [-0.4, -0.2) is 24.3 Å². The van der Waals surface area contributed by atoms with Crippen LogP contribution in [0.25, 0.3) is 0 Å². The first-order valence-electron chi connectivity index (χ1n) is 2.77. The van der Waals surface area contributed by atoms with E-state index in [-0.39, 0.29) is 0 Å². The van der Waals surface area contributed by atoms with Crippen LogP contribution in [0.3, 0.4) is 0 Å². The van der Waals surface area contributed by atoms with Crippen molar-refractivity contribution < 1.29 is 5.11 Å². The predicted octanol–water partition coefficient (Wildman–Crippen LogP) is -0.269. The molecule has 0 amide bonds. The average molecular weight is 102 g/mol. The highest BCUT2D eigenvalue weighted by atomic mass is 16.3. The molecule has 1 rings (SSSR count). The summed E-state index contributed by atoms with van der Waals surface area (Å²) in [6, 6.07) is 0.403. The number of aliphatic hydroxyl groups is 1. The minimum absolute atomic E-state index is 0.306. The Labute approximate surface area is 43.5 Å². The number of aliphatic hydroxyl groups excluding tert-OH is 1. The van der Waals surface area contributed by atoms with Crippen molar-refractivity contribution in [3.63, 3.8) is 0 Å². The Kier molecular flexibility index (Phi) is 1.65. The van der Waals surface area contributed by atoms with E-state index in [1.807, 2.05) is 0 Å². The van der Waals surface area contributed by atoms with Gasteiger partial charge in [-0.2, -0.15) is 0 Å². The van der Waals surface area contributed by atoms with Crippen molar-refractivity contribution in [1.82, 2.24) is 5.32 Å². The van der Waals surface area contributed by atoms with E-state index < -0.39 is 0 Å². The van der Waals surface area contributed by atoms with E-state index in [0.29, 0.717) is 12.6 Å². The molecule has 1 aliphatic rings. The summed E-state index contributed by atoms with van der Waals surface area (Å²) in [5.74, 6) is 0. The van der Waals surface area contributed by atoms with Gasteiger partial charge in [0.2, 0.25) is 0 Å². The highest BCUT2D eigenvalue weighted by Gasteiger charge is 2.10. The van der Waals surface area contributed by atoms with E-state index in [0.717, 1.165) is 13.0 Å². The lowest BCUT2D eigenvalue weighted by Crippen LogP contribution is -2.24. The molecule has 0 spiro atoms. The van der Waals surface area contributed by atoms with Gasteiger partial charge >= 0.3 is 0 Å². The van der Waals surface area contributed by atoms with Crippen LogP contribution in [-0.2, 0) is 0 Å². The summed E-state index contributed by atoms with van der Waals surface area (Å²) in [6.45, 7) is 1.39. The maximum absolute atomic E-state index is 8.50. The smallest absolute Gasteiger partial charge is 0.0584 e. The normalized spacial score (nSPS) is 31.3. The minimum Gasteiger partial charge on any atom is -0.395 e. The quantitative estimate of drug-likeness (QED) is 0.447. The molecule has 2 heteroatoms. The molecular formula is C5H11NO. The van der Waals surface area contributed by atoms with Gasteiger partial charge in [-0.25, -0.2) is 0 Å². The monoisotopic (exact) mass is 102 g/mol. The molecule has 1 atom stereocenters. The second kappa shape index (κ2) is 2.28. The van der Waals surface area contributed by atoms with Crippen LogP contribution in [0.1, 0.15) is 12.8 Å². The Morgan fingerprint density at radius 1 is 1.71 bits per heavy atom. The highest BCUT2D eigenvalue weighted by Crippen LogP contribution is 2.02. The first kappa shape index (κ1) is 5.06. The van der Waals surface area contributed by atoms with Gasteiger partial charge in [-0.05, 0) is 19.4 Å². The van der Waals surface area contributed by atoms with E-state index >= 15 is 0 Å². The summed E-state index contributed by atoms with van der Waals surface area (Å²) >= 11 is 0. The molecule has 1 fully saturated rings. The van der Waals surface area contributed by atoms with E-state index in [1.165, 1.54) is 6.42 Å². The van der Waals surface area contributed by atoms with Crippen LogP contribution in [0.15, 0.2) is 0 Å². The molecule has 0 bridgehead atoms. The minimum atomic E-state index is 0.306. The van der Waals surface area contributed by atoms with Crippen LogP contribution in [0.2, 0.25) is 0 Å². The summed E-state index contributed by atoms with van der Waals surface area (Å²) in [5.41, 5.74) is 0. The maximum Gasteiger partial charge on any atom is 0.0584 e. The first-order chi connectivity index (χ1) is 3.43. The SMILES string of the molecule is O[13CH2]C1CCCN1. The molecule has 0 aromatic rings. The third kappa shape index (κ3) is 1.14. The lowest BCUT2D eigenvalue weighted by molar-refractivity contribution is 0.255.